The zero-order chi connectivity index (χ0) is 16.7. The summed E-state index contributed by atoms with van der Waals surface area (Å²) >= 11 is 0. The molecule has 2 aromatic carbocycles. The Kier molecular flexibility index (Phi) is 3.23. The number of ether oxygens (including phenoxy) is 1. The van der Waals surface area contributed by atoms with E-state index in [2.05, 4.69) is 26.7 Å². The van der Waals surface area contributed by atoms with E-state index in [0.717, 1.165) is 34.1 Å². The lowest BCUT2D eigenvalue weighted by molar-refractivity contribution is 0.414. The van der Waals surface area contributed by atoms with E-state index in [0.29, 0.717) is 5.82 Å². The molecule has 0 aliphatic carbocycles. The monoisotopic (exact) mass is 319 g/mol. The molecule has 0 amide bonds. The van der Waals surface area contributed by atoms with Gasteiger partial charge in [0.05, 0.1) is 18.0 Å². The van der Waals surface area contributed by atoms with Gasteiger partial charge in [-0.3, -0.25) is 0 Å². The molecule has 4 aromatic rings. The van der Waals surface area contributed by atoms with Crippen molar-refractivity contribution >= 4 is 33.6 Å². The summed E-state index contributed by atoms with van der Waals surface area (Å²) in [5.74, 6) is 1.45. The number of anilines is 2. The van der Waals surface area contributed by atoms with Gasteiger partial charge in [0.2, 0.25) is 5.95 Å². The van der Waals surface area contributed by atoms with Gasteiger partial charge in [-0.05, 0) is 35.9 Å². The third-order valence-electron chi connectivity index (χ3n) is 4.17. The minimum Gasteiger partial charge on any atom is -0.497 e. The third-order valence-corrected chi connectivity index (χ3v) is 4.17. The van der Waals surface area contributed by atoms with Gasteiger partial charge in [0.1, 0.15) is 11.6 Å². The number of hydrogen-bond donors (Lipinski definition) is 2. The molecule has 0 aliphatic heterocycles. The van der Waals surface area contributed by atoms with E-state index in [9.17, 15) is 0 Å². The number of nitrogens with two attached hydrogens (primary N) is 2. The van der Waals surface area contributed by atoms with Gasteiger partial charge < -0.3 is 20.8 Å². The van der Waals surface area contributed by atoms with E-state index in [-0.39, 0.29) is 5.95 Å². The van der Waals surface area contributed by atoms with Crippen molar-refractivity contribution in [1.29, 1.82) is 0 Å². The summed E-state index contributed by atoms with van der Waals surface area (Å²) in [6.45, 7) is 0.759. The molecule has 4 rings (SSSR count). The summed E-state index contributed by atoms with van der Waals surface area (Å²) in [5, 5.41) is 1.87. The Morgan fingerprint density at radius 2 is 1.79 bits per heavy atom. The molecule has 2 aromatic heterocycles. The molecule has 6 nitrogen and oxygen atoms in total. The van der Waals surface area contributed by atoms with Crippen molar-refractivity contribution < 1.29 is 4.74 Å². The van der Waals surface area contributed by atoms with Crippen molar-refractivity contribution in [2.24, 2.45) is 0 Å². The van der Waals surface area contributed by atoms with Crippen LogP contribution in [0.3, 0.4) is 0 Å². The number of hydrogen-bond acceptors (Lipinski definition) is 5. The number of nitrogen functional groups attached to an aromatic ring is 2. The van der Waals surface area contributed by atoms with Crippen LogP contribution >= 0.6 is 0 Å². The van der Waals surface area contributed by atoms with Crippen LogP contribution < -0.4 is 16.2 Å². The number of benzene rings is 2. The highest BCUT2D eigenvalue weighted by Crippen LogP contribution is 2.29. The molecule has 2 heterocycles. The fourth-order valence-electron chi connectivity index (χ4n) is 3.02. The molecule has 0 bridgehead atoms. The van der Waals surface area contributed by atoms with E-state index in [1.807, 2.05) is 36.5 Å². The first-order chi connectivity index (χ1) is 11.7. The average molecular weight is 319 g/mol. The van der Waals surface area contributed by atoms with Crippen LogP contribution in [0.2, 0.25) is 0 Å². The third kappa shape index (κ3) is 2.28. The maximum Gasteiger partial charge on any atom is 0.222 e. The Morgan fingerprint density at radius 1 is 1.00 bits per heavy atom. The minimum absolute atomic E-state index is 0.192. The molecule has 0 atom stereocenters. The molecule has 120 valence electrons. The smallest absolute Gasteiger partial charge is 0.222 e. The number of fused-ring (bicyclic) bond motifs is 3. The second-order valence-corrected chi connectivity index (χ2v) is 5.65. The summed E-state index contributed by atoms with van der Waals surface area (Å²) in [6, 6.07) is 14.0. The molecule has 0 saturated carbocycles. The molecule has 0 radical (unpaired) electrons. The van der Waals surface area contributed by atoms with Gasteiger partial charge >= 0.3 is 0 Å². The van der Waals surface area contributed by atoms with E-state index < -0.39 is 0 Å². The van der Waals surface area contributed by atoms with Crippen LogP contribution in [-0.2, 0) is 6.54 Å². The first-order valence-corrected chi connectivity index (χ1v) is 7.59. The SMILES string of the molecule is COc1ccc(Cn2ccc3c4c(N)nc(N)nc4ccc32)cc1. The second-order valence-electron chi connectivity index (χ2n) is 5.65. The van der Waals surface area contributed by atoms with Crippen LogP contribution in [0.15, 0.2) is 48.7 Å². The first kappa shape index (κ1) is 14.3. The van der Waals surface area contributed by atoms with Gasteiger partial charge in [0.15, 0.2) is 0 Å². The lowest BCUT2D eigenvalue weighted by Gasteiger charge is -2.08. The summed E-state index contributed by atoms with van der Waals surface area (Å²) in [6.07, 6.45) is 2.05. The summed E-state index contributed by atoms with van der Waals surface area (Å²) in [7, 11) is 1.67. The Balaban J connectivity index is 1.81. The van der Waals surface area contributed by atoms with E-state index in [4.69, 9.17) is 16.2 Å². The highest BCUT2D eigenvalue weighted by molar-refractivity contribution is 6.10. The largest absolute Gasteiger partial charge is 0.497 e. The van der Waals surface area contributed by atoms with Crippen LogP contribution in [0, 0.1) is 0 Å². The van der Waals surface area contributed by atoms with Crippen LogP contribution in [0.1, 0.15) is 5.56 Å². The molecule has 0 saturated heterocycles. The number of nitrogens with zero attached hydrogens (tertiary/aromatic N) is 3. The van der Waals surface area contributed by atoms with Gasteiger partial charge in [0.25, 0.3) is 0 Å². The molecule has 0 aliphatic rings. The van der Waals surface area contributed by atoms with Crippen molar-refractivity contribution in [3.05, 3.63) is 54.2 Å². The predicted molar refractivity (Wildman–Crippen MR) is 96.0 cm³/mol. The van der Waals surface area contributed by atoms with E-state index in [1.165, 1.54) is 5.56 Å². The standard InChI is InChI=1S/C18H17N5O/c1-24-12-4-2-11(3-5-12)10-23-9-8-13-15(23)7-6-14-16(13)17(19)22-18(20)21-14/h2-9H,10H2,1H3,(H4,19,20,21,22). The zero-order valence-corrected chi connectivity index (χ0v) is 13.2. The molecule has 6 heteroatoms. The van der Waals surface area contributed by atoms with Crippen LogP contribution in [0.5, 0.6) is 5.75 Å². The molecule has 24 heavy (non-hydrogen) atoms. The highest BCUT2D eigenvalue weighted by Gasteiger charge is 2.11. The quantitative estimate of drug-likeness (QED) is 0.606. The zero-order valence-electron chi connectivity index (χ0n) is 13.2. The molecular weight excluding hydrogens is 302 g/mol. The van der Waals surface area contributed by atoms with Gasteiger partial charge in [0, 0.05) is 23.6 Å². The molecular formula is C18H17N5O. The Labute approximate surface area is 138 Å². The summed E-state index contributed by atoms with van der Waals surface area (Å²) in [4.78, 5) is 8.35. The Bertz CT molecular complexity index is 1040. The Morgan fingerprint density at radius 3 is 2.54 bits per heavy atom. The van der Waals surface area contributed by atoms with Crippen molar-refractivity contribution in [2.45, 2.75) is 6.54 Å². The number of aromatic nitrogens is 3. The van der Waals surface area contributed by atoms with Gasteiger partial charge in [-0.2, -0.15) is 4.98 Å². The van der Waals surface area contributed by atoms with Gasteiger partial charge in [-0.1, -0.05) is 12.1 Å². The number of methoxy groups -OCH3 is 1. The van der Waals surface area contributed by atoms with Crippen molar-refractivity contribution in [2.75, 3.05) is 18.6 Å². The fourth-order valence-corrected chi connectivity index (χ4v) is 3.02. The second kappa shape index (κ2) is 5.42. The van der Waals surface area contributed by atoms with E-state index >= 15 is 0 Å². The maximum atomic E-state index is 6.06. The summed E-state index contributed by atoms with van der Waals surface area (Å²) < 4.78 is 7.37. The average Bonchev–Trinajstić information content (AvgIpc) is 2.98. The molecule has 0 spiro atoms. The number of rotatable bonds is 3. The van der Waals surface area contributed by atoms with Crippen molar-refractivity contribution in [3.63, 3.8) is 0 Å². The lowest BCUT2D eigenvalue weighted by atomic mass is 10.1. The predicted octanol–water partition coefficient (Wildman–Crippen LogP) is 2.81. The van der Waals surface area contributed by atoms with Crippen molar-refractivity contribution in [3.8, 4) is 5.75 Å². The Hall–Kier alpha value is -3.28. The van der Waals surface area contributed by atoms with Gasteiger partial charge in [-0.25, -0.2) is 4.98 Å². The fraction of sp³-hybridized carbons (Fsp3) is 0.111. The van der Waals surface area contributed by atoms with Crippen LogP contribution in [-0.4, -0.2) is 21.6 Å². The van der Waals surface area contributed by atoms with Gasteiger partial charge in [-0.15, -0.1) is 0 Å². The molecule has 0 unspecified atom stereocenters. The van der Waals surface area contributed by atoms with E-state index in [1.54, 1.807) is 7.11 Å². The summed E-state index contributed by atoms with van der Waals surface area (Å²) in [5.41, 5.74) is 14.8. The topological polar surface area (TPSA) is 92.0 Å². The maximum absolute atomic E-state index is 6.06. The lowest BCUT2D eigenvalue weighted by Crippen LogP contribution is -2.01. The normalized spacial score (nSPS) is 11.2. The molecule has 0 fully saturated rings. The van der Waals surface area contributed by atoms with Crippen molar-refractivity contribution in [1.82, 2.24) is 14.5 Å². The minimum atomic E-state index is 0.192. The van der Waals surface area contributed by atoms with Crippen LogP contribution in [0.25, 0.3) is 21.8 Å². The first-order valence-electron chi connectivity index (χ1n) is 7.59. The highest BCUT2D eigenvalue weighted by atomic mass is 16.5. The van der Waals surface area contributed by atoms with Crippen LogP contribution in [0.4, 0.5) is 11.8 Å². The molecule has 4 N–H and O–H groups in total.